The molecular formula is C38H28I2N8O3. The minimum absolute atomic E-state index is 0.315. The normalized spacial score (nSPS) is 12.4. The molecule has 9 rings (SSSR count). The number of carbonyl (C=O) groups excluding carboxylic acids is 1. The van der Waals surface area contributed by atoms with Crippen LogP contribution in [0.1, 0.15) is 38.6 Å². The number of aryl methyl sites for hydroxylation is 2. The smallest absolute Gasteiger partial charge is 0.275 e. The van der Waals surface area contributed by atoms with Gasteiger partial charge >= 0.3 is 0 Å². The molecule has 3 aromatic heterocycles. The molecule has 0 saturated heterocycles. The summed E-state index contributed by atoms with van der Waals surface area (Å²) in [6, 6.07) is 32.1. The minimum atomic E-state index is -0.315. The van der Waals surface area contributed by atoms with E-state index in [1.165, 1.54) is 9.13 Å². The molecule has 0 unspecified atom stereocenters. The number of aliphatic imine (C=N–C) groups is 1. The van der Waals surface area contributed by atoms with E-state index in [9.17, 15) is 4.79 Å². The first kappa shape index (κ1) is 33.0. The van der Waals surface area contributed by atoms with Crippen LogP contribution < -0.4 is 10.9 Å². The van der Waals surface area contributed by atoms with Gasteiger partial charge in [0.25, 0.3) is 5.91 Å². The van der Waals surface area contributed by atoms with Gasteiger partial charge in [0.2, 0.25) is 0 Å². The van der Waals surface area contributed by atoms with Gasteiger partial charge in [0.1, 0.15) is 34.3 Å². The SMILES string of the molecule is Cc1onc(-c2ccccc2)c1-c1nnc2n1Cc1ccc(I)cc1-2.Cc1onc(-c2ccccc2)c1C(=O)NNC1=NCc2ccc(I)cc21. The Morgan fingerprint density at radius 1 is 0.725 bits per heavy atom. The van der Waals surface area contributed by atoms with E-state index in [-0.39, 0.29) is 5.91 Å². The summed E-state index contributed by atoms with van der Waals surface area (Å²) < 4.78 is 15.2. The molecule has 11 nitrogen and oxygen atoms in total. The Balaban J connectivity index is 0.000000147. The summed E-state index contributed by atoms with van der Waals surface area (Å²) in [6.07, 6.45) is 0. The van der Waals surface area contributed by atoms with Gasteiger partial charge in [0.15, 0.2) is 11.6 Å². The Labute approximate surface area is 319 Å². The first-order valence-corrected chi connectivity index (χ1v) is 18.2. The van der Waals surface area contributed by atoms with Gasteiger partial charge in [-0.25, -0.2) is 0 Å². The fourth-order valence-electron chi connectivity index (χ4n) is 6.20. The van der Waals surface area contributed by atoms with Crippen molar-refractivity contribution in [2.45, 2.75) is 26.9 Å². The van der Waals surface area contributed by atoms with Crippen LogP contribution in [0.15, 0.2) is 111 Å². The van der Waals surface area contributed by atoms with Crippen molar-refractivity contribution in [2.24, 2.45) is 4.99 Å². The highest BCUT2D eigenvalue weighted by Gasteiger charge is 2.29. The lowest BCUT2D eigenvalue weighted by Gasteiger charge is -2.10. The predicted molar refractivity (Wildman–Crippen MR) is 210 cm³/mol. The van der Waals surface area contributed by atoms with E-state index >= 15 is 0 Å². The van der Waals surface area contributed by atoms with E-state index < -0.39 is 0 Å². The molecule has 13 heteroatoms. The third-order valence-corrected chi connectivity index (χ3v) is 10.0. The second kappa shape index (κ2) is 13.9. The maximum absolute atomic E-state index is 12.7. The van der Waals surface area contributed by atoms with E-state index in [0.29, 0.717) is 29.4 Å². The molecule has 2 aliphatic rings. The standard InChI is InChI=1S/C19H15IN4O2.C19H13IN4O/c1-11-16(17(24-26-11)12-5-3-2-4-6-12)19(25)23-22-18-15-9-14(20)8-7-13(15)10-21-18;1-11-16(17(23-25-11)12-5-3-2-4-6-12)19-22-21-18-15-9-14(20)8-7-13(15)10-24(18)19/h2-9H,10H2,1H3,(H,21,22)(H,23,25);2-9H,10H2,1H3. The van der Waals surface area contributed by atoms with Crippen LogP contribution in [-0.4, -0.2) is 36.8 Å². The van der Waals surface area contributed by atoms with Crippen molar-refractivity contribution >= 4 is 56.9 Å². The third-order valence-electron chi connectivity index (χ3n) is 8.69. The van der Waals surface area contributed by atoms with Gasteiger partial charge in [-0.3, -0.25) is 20.6 Å². The second-order valence-corrected chi connectivity index (χ2v) is 14.4. The first-order valence-electron chi connectivity index (χ1n) is 16.0. The fourth-order valence-corrected chi connectivity index (χ4v) is 7.19. The average molecular weight is 899 g/mol. The fraction of sp³-hybridized carbons (Fsp3) is 0.105. The summed E-state index contributed by atoms with van der Waals surface area (Å²) in [6.45, 7) is 5.01. The van der Waals surface area contributed by atoms with Crippen molar-refractivity contribution in [1.82, 2.24) is 35.9 Å². The van der Waals surface area contributed by atoms with Crippen LogP contribution in [0.2, 0.25) is 0 Å². The summed E-state index contributed by atoms with van der Waals surface area (Å²) in [7, 11) is 0. The number of amides is 1. The molecule has 7 aromatic rings. The number of aromatic nitrogens is 5. The van der Waals surface area contributed by atoms with Gasteiger partial charge in [-0.1, -0.05) is 83.1 Å². The number of nitrogens with one attached hydrogen (secondary N) is 2. The number of amidine groups is 1. The molecule has 0 aliphatic carbocycles. The molecule has 0 bridgehead atoms. The van der Waals surface area contributed by atoms with Gasteiger partial charge in [-0.15, -0.1) is 10.2 Å². The summed E-state index contributed by atoms with van der Waals surface area (Å²) in [5.74, 6) is 3.26. The lowest BCUT2D eigenvalue weighted by molar-refractivity contribution is 0.0943. The van der Waals surface area contributed by atoms with Gasteiger partial charge < -0.3 is 13.6 Å². The lowest BCUT2D eigenvalue weighted by atomic mass is 10.1. The van der Waals surface area contributed by atoms with Gasteiger partial charge in [0, 0.05) is 29.4 Å². The Kier molecular flexibility index (Phi) is 8.97. The summed E-state index contributed by atoms with van der Waals surface area (Å²) in [5.41, 5.74) is 14.7. The Hall–Kier alpha value is -5.16. The highest BCUT2D eigenvalue weighted by molar-refractivity contribution is 14.1. The zero-order chi connectivity index (χ0) is 35.1. The molecular weight excluding hydrogens is 870 g/mol. The van der Waals surface area contributed by atoms with E-state index in [0.717, 1.165) is 66.6 Å². The number of rotatable bonds is 4. The maximum atomic E-state index is 12.7. The molecule has 252 valence electrons. The quantitative estimate of drug-likeness (QED) is 0.134. The van der Waals surface area contributed by atoms with E-state index in [2.05, 4.69) is 110 Å². The highest BCUT2D eigenvalue weighted by Crippen LogP contribution is 2.39. The molecule has 2 aliphatic heterocycles. The van der Waals surface area contributed by atoms with Crippen molar-refractivity contribution in [3.05, 3.63) is 138 Å². The van der Waals surface area contributed by atoms with Crippen LogP contribution in [0.5, 0.6) is 0 Å². The molecule has 0 spiro atoms. The Morgan fingerprint density at radius 2 is 1.33 bits per heavy atom. The summed E-state index contributed by atoms with van der Waals surface area (Å²) >= 11 is 4.58. The molecule has 0 fully saturated rings. The Morgan fingerprint density at radius 3 is 2.06 bits per heavy atom. The third kappa shape index (κ3) is 6.35. The van der Waals surface area contributed by atoms with Crippen LogP contribution >= 0.6 is 45.2 Å². The van der Waals surface area contributed by atoms with Crippen LogP contribution in [0.3, 0.4) is 0 Å². The van der Waals surface area contributed by atoms with Crippen molar-refractivity contribution in [3.8, 4) is 45.3 Å². The topological polar surface area (TPSA) is 136 Å². The predicted octanol–water partition coefficient (Wildman–Crippen LogP) is 7.99. The monoisotopic (exact) mass is 898 g/mol. The highest BCUT2D eigenvalue weighted by atomic mass is 127. The van der Waals surface area contributed by atoms with E-state index in [1.54, 1.807) is 6.92 Å². The zero-order valence-corrected chi connectivity index (χ0v) is 31.6. The van der Waals surface area contributed by atoms with Crippen molar-refractivity contribution in [1.29, 1.82) is 0 Å². The minimum Gasteiger partial charge on any atom is -0.360 e. The average Bonchev–Trinajstić information content (AvgIpc) is 3.98. The summed E-state index contributed by atoms with van der Waals surface area (Å²) in [4.78, 5) is 17.2. The molecule has 0 radical (unpaired) electrons. The molecule has 51 heavy (non-hydrogen) atoms. The number of benzene rings is 4. The molecule has 5 heterocycles. The Bertz CT molecular complexity index is 2450. The summed E-state index contributed by atoms with van der Waals surface area (Å²) in [5, 5.41) is 17.2. The number of hydrogen-bond donors (Lipinski definition) is 2. The van der Waals surface area contributed by atoms with Crippen LogP contribution in [0, 0.1) is 21.0 Å². The number of fused-ring (bicyclic) bond motifs is 4. The molecule has 0 atom stereocenters. The van der Waals surface area contributed by atoms with Crippen molar-refractivity contribution < 1.29 is 13.8 Å². The molecule has 0 saturated carbocycles. The maximum Gasteiger partial charge on any atom is 0.275 e. The number of nitrogens with zero attached hydrogens (tertiary/aromatic N) is 6. The number of hydrogen-bond acceptors (Lipinski definition) is 9. The molecule has 2 N–H and O–H groups in total. The van der Waals surface area contributed by atoms with Crippen LogP contribution in [0.4, 0.5) is 0 Å². The lowest BCUT2D eigenvalue weighted by Crippen LogP contribution is -2.41. The molecule has 1 amide bonds. The number of carbonyl (C=O) groups is 1. The molecule has 4 aromatic carbocycles. The van der Waals surface area contributed by atoms with Gasteiger partial charge in [-0.2, -0.15) is 0 Å². The largest absolute Gasteiger partial charge is 0.360 e. The first-order chi connectivity index (χ1) is 24.9. The van der Waals surface area contributed by atoms with Gasteiger partial charge in [0.05, 0.1) is 18.7 Å². The van der Waals surface area contributed by atoms with E-state index in [4.69, 9.17) is 9.05 Å². The number of halogens is 2. The van der Waals surface area contributed by atoms with Crippen LogP contribution in [-0.2, 0) is 13.1 Å². The van der Waals surface area contributed by atoms with Crippen molar-refractivity contribution in [3.63, 3.8) is 0 Å². The van der Waals surface area contributed by atoms with Crippen LogP contribution in [0.25, 0.3) is 45.3 Å². The van der Waals surface area contributed by atoms with Crippen molar-refractivity contribution in [2.75, 3.05) is 0 Å². The second-order valence-electron chi connectivity index (χ2n) is 11.9. The number of hydrazine groups is 1. The van der Waals surface area contributed by atoms with Gasteiger partial charge in [-0.05, 0) is 94.4 Å². The van der Waals surface area contributed by atoms with E-state index in [1.807, 2.05) is 79.7 Å². The zero-order valence-electron chi connectivity index (χ0n) is 27.3.